The number of aryl methyl sites for hydroxylation is 2. The number of unbranched alkanes of at least 4 members (excludes halogenated alkanes) is 7. The second-order valence-corrected chi connectivity index (χ2v) is 8.75. The Bertz CT molecular complexity index is 673. The van der Waals surface area contributed by atoms with Gasteiger partial charge < -0.3 is 0 Å². The van der Waals surface area contributed by atoms with Crippen molar-refractivity contribution < 1.29 is 4.79 Å². The lowest BCUT2D eigenvalue weighted by Crippen LogP contribution is -1.95. The lowest BCUT2D eigenvalue weighted by Gasteiger charge is -2.05. The average molecular weight is 397 g/mol. The van der Waals surface area contributed by atoms with Crippen molar-refractivity contribution in [1.82, 2.24) is 0 Å². The van der Waals surface area contributed by atoms with E-state index in [0.29, 0.717) is 0 Å². The maximum atomic E-state index is 12.5. The van der Waals surface area contributed by atoms with E-state index in [0.717, 1.165) is 23.3 Å². The van der Waals surface area contributed by atoms with Crippen LogP contribution in [-0.4, -0.2) is 5.12 Å². The Labute approximate surface area is 176 Å². The van der Waals surface area contributed by atoms with Gasteiger partial charge in [0, 0.05) is 10.5 Å². The summed E-state index contributed by atoms with van der Waals surface area (Å²) in [5.74, 6) is 0. The predicted molar refractivity (Wildman–Crippen MR) is 123 cm³/mol. The van der Waals surface area contributed by atoms with Crippen molar-refractivity contribution in [2.75, 3.05) is 0 Å². The molecule has 2 aromatic rings. The number of benzene rings is 2. The summed E-state index contributed by atoms with van der Waals surface area (Å²) in [5, 5.41) is 0.129. The topological polar surface area (TPSA) is 17.1 Å². The van der Waals surface area contributed by atoms with E-state index in [1.54, 1.807) is 0 Å². The van der Waals surface area contributed by atoms with Crippen molar-refractivity contribution in [3.8, 4) is 0 Å². The second-order valence-electron chi connectivity index (χ2n) is 7.71. The van der Waals surface area contributed by atoms with Crippen LogP contribution < -0.4 is 0 Å². The Kier molecular flexibility index (Phi) is 11.1. The molecule has 1 nitrogen and oxygen atoms in total. The number of rotatable bonds is 13. The molecular formula is C26H36OS. The van der Waals surface area contributed by atoms with Crippen LogP contribution in [0.1, 0.15) is 93.1 Å². The van der Waals surface area contributed by atoms with Crippen molar-refractivity contribution in [3.05, 3.63) is 65.2 Å². The van der Waals surface area contributed by atoms with Gasteiger partial charge in [0.2, 0.25) is 5.12 Å². The molecule has 2 heteroatoms. The van der Waals surface area contributed by atoms with E-state index in [2.05, 4.69) is 50.2 Å². The van der Waals surface area contributed by atoms with Gasteiger partial charge >= 0.3 is 0 Å². The van der Waals surface area contributed by atoms with Crippen molar-refractivity contribution in [2.45, 2.75) is 89.4 Å². The van der Waals surface area contributed by atoms with Gasteiger partial charge in [-0.15, -0.1) is 0 Å². The SMILES string of the molecule is CCCCCCCCCc1ccc(C(=O)Sc2ccc(CCCC)cc2)cc1. The fraction of sp³-hybridized carbons (Fsp3) is 0.500. The van der Waals surface area contributed by atoms with E-state index in [4.69, 9.17) is 0 Å². The number of thioether (sulfide) groups is 1. The molecule has 0 aliphatic rings. The first kappa shape index (κ1) is 22.7. The molecule has 0 saturated carbocycles. The monoisotopic (exact) mass is 396 g/mol. The van der Waals surface area contributed by atoms with Gasteiger partial charge in [-0.1, -0.05) is 95.2 Å². The van der Waals surface area contributed by atoms with Crippen LogP contribution in [0, 0.1) is 0 Å². The first-order valence-corrected chi connectivity index (χ1v) is 11.9. The summed E-state index contributed by atoms with van der Waals surface area (Å²) in [5.41, 5.74) is 3.49. The number of hydrogen-bond donors (Lipinski definition) is 0. The van der Waals surface area contributed by atoms with Crippen LogP contribution in [-0.2, 0) is 12.8 Å². The smallest absolute Gasteiger partial charge is 0.224 e. The van der Waals surface area contributed by atoms with E-state index >= 15 is 0 Å². The second kappa shape index (κ2) is 13.6. The summed E-state index contributed by atoms with van der Waals surface area (Å²) < 4.78 is 0. The van der Waals surface area contributed by atoms with Crippen LogP contribution in [0.2, 0.25) is 0 Å². The Morgan fingerprint density at radius 3 is 1.75 bits per heavy atom. The third-order valence-electron chi connectivity index (χ3n) is 5.21. The average Bonchev–Trinajstić information content (AvgIpc) is 2.73. The molecule has 0 fully saturated rings. The third kappa shape index (κ3) is 8.65. The summed E-state index contributed by atoms with van der Waals surface area (Å²) in [6.45, 7) is 4.47. The molecule has 0 heterocycles. The zero-order chi connectivity index (χ0) is 20.0. The van der Waals surface area contributed by atoms with Crippen LogP contribution in [0.3, 0.4) is 0 Å². The highest BCUT2D eigenvalue weighted by molar-refractivity contribution is 8.14. The predicted octanol–water partition coefficient (Wildman–Crippen LogP) is 8.25. The maximum Gasteiger partial charge on any atom is 0.224 e. The molecule has 0 aliphatic heterocycles. The molecule has 0 unspecified atom stereocenters. The van der Waals surface area contributed by atoms with Crippen LogP contribution in [0.15, 0.2) is 53.4 Å². The van der Waals surface area contributed by atoms with Gasteiger partial charge in [0.15, 0.2) is 0 Å². The van der Waals surface area contributed by atoms with Crippen molar-refractivity contribution in [3.63, 3.8) is 0 Å². The largest absolute Gasteiger partial charge is 0.281 e. The normalized spacial score (nSPS) is 10.9. The highest BCUT2D eigenvalue weighted by Gasteiger charge is 2.08. The van der Waals surface area contributed by atoms with E-state index in [9.17, 15) is 4.79 Å². The lowest BCUT2D eigenvalue weighted by atomic mass is 10.0. The molecule has 0 saturated heterocycles. The molecule has 0 N–H and O–H groups in total. The van der Waals surface area contributed by atoms with Crippen molar-refractivity contribution in [2.24, 2.45) is 0 Å². The maximum absolute atomic E-state index is 12.5. The highest BCUT2D eigenvalue weighted by atomic mass is 32.2. The quantitative estimate of drug-likeness (QED) is 0.250. The third-order valence-corrected chi connectivity index (χ3v) is 6.14. The fourth-order valence-electron chi connectivity index (χ4n) is 3.36. The minimum Gasteiger partial charge on any atom is -0.281 e. The van der Waals surface area contributed by atoms with E-state index in [1.807, 2.05) is 12.1 Å². The summed E-state index contributed by atoms with van der Waals surface area (Å²) in [6.07, 6.45) is 14.0. The van der Waals surface area contributed by atoms with Gasteiger partial charge in [-0.2, -0.15) is 0 Å². The van der Waals surface area contributed by atoms with E-state index in [1.165, 1.54) is 80.7 Å². The Hall–Kier alpha value is -1.54. The van der Waals surface area contributed by atoms with Gasteiger partial charge in [-0.05, 0) is 60.7 Å². The van der Waals surface area contributed by atoms with Crippen molar-refractivity contribution in [1.29, 1.82) is 0 Å². The van der Waals surface area contributed by atoms with Crippen LogP contribution in [0.5, 0.6) is 0 Å². The van der Waals surface area contributed by atoms with Gasteiger partial charge in [0.1, 0.15) is 0 Å². The Morgan fingerprint density at radius 1 is 0.643 bits per heavy atom. The molecule has 0 aliphatic carbocycles. The molecule has 152 valence electrons. The molecule has 0 aromatic heterocycles. The minimum atomic E-state index is 0.129. The fourth-order valence-corrected chi connectivity index (χ4v) is 4.10. The number of carbonyl (C=O) groups excluding carboxylic acids is 1. The summed E-state index contributed by atoms with van der Waals surface area (Å²) in [7, 11) is 0. The molecule has 2 aromatic carbocycles. The zero-order valence-electron chi connectivity index (χ0n) is 17.7. The molecule has 0 radical (unpaired) electrons. The molecule has 0 amide bonds. The lowest BCUT2D eigenvalue weighted by molar-refractivity contribution is 0.108. The summed E-state index contributed by atoms with van der Waals surface area (Å²) in [6, 6.07) is 16.7. The van der Waals surface area contributed by atoms with Gasteiger partial charge in [-0.3, -0.25) is 4.79 Å². The van der Waals surface area contributed by atoms with Crippen LogP contribution >= 0.6 is 11.8 Å². The molecule has 0 atom stereocenters. The zero-order valence-corrected chi connectivity index (χ0v) is 18.5. The summed E-state index contributed by atoms with van der Waals surface area (Å²) in [4.78, 5) is 13.6. The molecule has 0 bridgehead atoms. The molecule has 2 rings (SSSR count). The Morgan fingerprint density at radius 2 is 1.14 bits per heavy atom. The van der Waals surface area contributed by atoms with Gasteiger partial charge in [0.25, 0.3) is 0 Å². The standard InChI is InChI=1S/C26H36OS/c1-3-5-7-8-9-10-11-13-23-14-18-24(19-15-23)26(27)28-25-20-16-22(17-21-25)12-6-4-2/h14-21H,3-13H2,1-2H3. The molecule has 28 heavy (non-hydrogen) atoms. The van der Waals surface area contributed by atoms with E-state index < -0.39 is 0 Å². The molecular weight excluding hydrogens is 360 g/mol. The van der Waals surface area contributed by atoms with Gasteiger partial charge in [-0.25, -0.2) is 0 Å². The first-order valence-electron chi connectivity index (χ1n) is 11.1. The number of carbonyl (C=O) groups is 1. The van der Waals surface area contributed by atoms with Crippen LogP contribution in [0.25, 0.3) is 0 Å². The van der Waals surface area contributed by atoms with Crippen LogP contribution in [0.4, 0.5) is 0 Å². The molecule has 0 spiro atoms. The first-order chi connectivity index (χ1) is 13.7. The highest BCUT2D eigenvalue weighted by Crippen LogP contribution is 2.24. The van der Waals surface area contributed by atoms with Crippen molar-refractivity contribution >= 4 is 16.9 Å². The number of hydrogen-bond acceptors (Lipinski definition) is 2. The van der Waals surface area contributed by atoms with Gasteiger partial charge in [0.05, 0.1) is 0 Å². The minimum absolute atomic E-state index is 0.129. The summed E-state index contributed by atoms with van der Waals surface area (Å²) >= 11 is 1.33. The Balaban J connectivity index is 1.73. The van der Waals surface area contributed by atoms with E-state index in [-0.39, 0.29) is 5.12 Å².